The topological polar surface area (TPSA) is 85.7 Å². The highest BCUT2D eigenvalue weighted by atomic mass is 16.5. The van der Waals surface area contributed by atoms with Crippen LogP contribution in [0.25, 0.3) is 16.9 Å². The van der Waals surface area contributed by atoms with Gasteiger partial charge in [-0.1, -0.05) is 74.5 Å². The lowest BCUT2D eigenvalue weighted by Crippen LogP contribution is -2.41. The summed E-state index contributed by atoms with van der Waals surface area (Å²) >= 11 is 0. The number of nitrogens with zero attached hydrogens (tertiary/aromatic N) is 3. The second-order valence-corrected chi connectivity index (χ2v) is 9.60. The number of imidazole rings is 1. The average Bonchev–Trinajstić information content (AvgIpc) is 3.36. The number of benzene rings is 3. The van der Waals surface area contributed by atoms with E-state index in [1.165, 1.54) is 0 Å². The van der Waals surface area contributed by atoms with Crippen LogP contribution in [0.3, 0.4) is 0 Å². The lowest BCUT2D eigenvalue weighted by molar-refractivity contribution is -0.134. The molecule has 0 aliphatic rings. The van der Waals surface area contributed by atoms with E-state index in [9.17, 15) is 9.59 Å². The molecule has 39 heavy (non-hydrogen) atoms. The summed E-state index contributed by atoms with van der Waals surface area (Å²) in [6, 6.07) is 24.8. The van der Waals surface area contributed by atoms with Crippen LogP contribution in [0.2, 0.25) is 0 Å². The molecule has 3 aromatic carbocycles. The highest BCUT2D eigenvalue weighted by Gasteiger charge is 2.21. The minimum atomic E-state index is -0.330. The Hall–Kier alpha value is -4.59. The first kappa shape index (κ1) is 27.4. The van der Waals surface area contributed by atoms with Crippen LogP contribution in [0.1, 0.15) is 19.4 Å². The first-order valence-electron chi connectivity index (χ1n) is 12.9. The largest absolute Gasteiger partial charge is 0.493 e. The lowest BCUT2D eigenvalue weighted by atomic mass is 10.1. The van der Waals surface area contributed by atoms with E-state index in [0.29, 0.717) is 29.7 Å². The molecule has 1 heterocycles. The van der Waals surface area contributed by atoms with E-state index in [1.807, 2.05) is 92.8 Å². The van der Waals surface area contributed by atoms with Crippen molar-refractivity contribution in [3.8, 4) is 28.4 Å². The van der Waals surface area contributed by atoms with E-state index in [2.05, 4.69) is 5.32 Å². The van der Waals surface area contributed by atoms with E-state index < -0.39 is 0 Å². The Morgan fingerprint density at radius 3 is 2.23 bits per heavy atom. The van der Waals surface area contributed by atoms with Gasteiger partial charge < -0.3 is 14.4 Å². The SMILES string of the molecule is COc1ccc(-n2cc(-c3ccccc3)nc2NC(=O)CN(CC(C)C)C(=O)Cc2ccccc2)cc1OC. The van der Waals surface area contributed by atoms with Gasteiger partial charge in [0, 0.05) is 24.4 Å². The predicted octanol–water partition coefficient (Wildman–Crippen LogP) is 5.22. The van der Waals surface area contributed by atoms with Crippen molar-refractivity contribution in [3.05, 3.63) is 90.6 Å². The van der Waals surface area contributed by atoms with E-state index in [0.717, 1.165) is 16.8 Å². The van der Waals surface area contributed by atoms with Gasteiger partial charge in [0.25, 0.3) is 0 Å². The van der Waals surface area contributed by atoms with Crippen molar-refractivity contribution in [1.82, 2.24) is 14.5 Å². The number of rotatable bonds is 11. The molecule has 0 fully saturated rings. The molecule has 2 amide bonds. The maximum absolute atomic E-state index is 13.3. The molecule has 0 atom stereocenters. The molecule has 0 radical (unpaired) electrons. The van der Waals surface area contributed by atoms with Crippen molar-refractivity contribution in [2.24, 2.45) is 5.92 Å². The number of carbonyl (C=O) groups is 2. The number of amides is 2. The quantitative estimate of drug-likeness (QED) is 0.290. The zero-order valence-corrected chi connectivity index (χ0v) is 22.8. The molecule has 202 valence electrons. The Morgan fingerprint density at radius 2 is 1.59 bits per heavy atom. The third-order valence-corrected chi connectivity index (χ3v) is 6.14. The molecule has 8 heteroatoms. The zero-order chi connectivity index (χ0) is 27.8. The minimum Gasteiger partial charge on any atom is -0.493 e. The van der Waals surface area contributed by atoms with Crippen LogP contribution >= 0.6 is 0 Å². The predicted molar refractivity (Wildman–Crippen MR) is 152 cm³/mol. The van der Waals surface area contributed by atoms with E-state index in [1.54, 1.807) is 29.8 Å². The monoisotopic (exact) mass is 526 g/mol. The smallest absolute Gasteiger partial charge is 0.246 e. The maximum atomic E-state index is 13.3. The molecule has 0 spiro atoms. The van der Waals surface area contributed by atoms with Gasteiger partial charge in [-0.15, -0.1) is 0 Å². The first-order chi connectivity index (χ1) is 18.9. The van der Waals surface area contributed by atoms with Crippen molar-refractivity contribution in [3.63, 3.8) is 0 Å². The fraction of sp³-hybridized carbons (Fsp3) is 0.258. The summed E-state index contributed by atoms with van der Waals surface area (Å²) < 4.78 is 12.7. The maximum Gasteiger partial charge on any atom is 0.246 e. The average molecular weight is 527 g/mol. The van der Waals surface area contributed by atoms with E-state index in [-0.39, 0.29) is 30.7 Å². The molecule has 0 unspecified atom stereocenters. The standard InChI is InChI=1S/C31H34N4O4/c1-22(2)19-34(30(37)17-23-11-7-5-8-12-23)21-29(36)33-31-32-26(24-13-9-6-10-14-24)20-35(31)25-15-16-27(38-3)28(18-25)39-4/h5-16,18,20,22H,17,19,21H2,1-4H3,(H,32,33,36). The summed E-state index contributed by atoms with van der Waals surface area (Å²) in [5, 5.41) is 2.93. The van der Waals surface area contributed by atoms with Crippen molar-refractivity contribution in [2.75, 3.05) is 32.6 Å². The van der Waals surface area contributed by atoms with Crippen LogP contribution < -0.4 is 14.8 Å². The molecule has 1 N–H and O–H groups in total. The molecule has 4 aromatic rings. The molecular formula is C31H34N4O4. The number of ether oxygens (including phenoxy) is 2. The second-order valence-electron chi connectivity index (χ2n) is 9.60. The van der Waals surface area contributed by atoms with Crippen molar-refractivity contribution in [2.45, 2.75) is 20.3 Å². The number of anilines is 1. The third kappa shape index (κ3) is 7.04. The molecular weight excluding hydrogens is 492 g/mol. The Kier molecular flexibility index (Phi) is 8.99. The van der Waals surface area contributed by atoms with Crippen LogP contribution in [-0.4, -0.2) is 53.6 Å². The molecule has 0 bridgehead atoms. The molecule has 8 nitrogen and oxygen atoms in total. The van der Waals surface area contributed by atoms with Gasteiger partial charge in [-0.05, 0) is 23.6 Å². The van der Waals surface area contributed by atoms with Gasteiger partial charge in [0.05, 0.1) is 38.6 Å². The number of hydrogen-bond donors (Lipinski definition) is 1. The van der Waals surface area contributed by atoms with Crippen LogP contribution in [0, 0.1) is 5.92 Å². The van der Waals surface area contributed by atoms with Crippen LogP contribution in [0.5, 0.6) is 11.5 Å². The number of methoxy groups -OCH3 is 2. The number of hydrogen-bond acceptors (Lipinski definition) is 5. The van der Waals surface area contributed by atoms with E-state index >= 15 is 0 Å². The Morgan fingerprint density at radius 1 is 0.923 bits per heavy atom. The summed E-state index contributed by atoms with van der Waals surface area (Å²) in [5.74, 6) is 1.26. The minimum absolute atomic E-state index is 0.0800. The Balaban J connectivity index is 1.61. The zero-order valence-electron chi connectivity index (χ0n) is 22.8. The van der Waals surface area contributed by atoms with Gasteiger partial charge in [0.1, 0.15) is 0 Å². The van der Waals surface area contributed by atoms with Crippen molar-refractivity contribution < 1.29 is 19.1 Å². The second kappa shape index (κ2) is 12.8. The van der Waals surface area contributed by atoms with Gasteiger partial charge in [-0.25, -0.2) is 4.98 Å². The lowest BCUT2D eigenvalue weighted by Gasteiger charge is -2.24. The number of nitrogens with one attached hydrogen (secondary N) is 1. The summed E-state index contributed by atoms with van der Waals surface area (Å²) in [6.07, 6.45) is 2.10. The Labute approximate surface area is 229 Å². The van der Waals surface area contributed by atoms with Crippen LogP contribution in [-0.2, 0) is 16.0 Å². The summed E-state index contributed by atoms with van der Waals surface area (Å²) in [5.41, 5.74) is 3.25. The molecule has 0 aliphatic carbocycles. The van der Waals surface area contributed by atoms with Crippen molar-refractivity contribution in [1.29, 1.82) is 0 Å². The normalized spacial score (nSPS) is 10.8. The van der Waals surface area contributed by atoms with E-state index in [4.69, 9.17) is 14.5 Å². The highest BCUT2D eigenvalue weighted by Crippen LogP contribution is 2.31. The van der Waals surface area contributed by atoms with Crippen molar-refractivity contribution >= 4 is 17.8 Å². The van der Waals surface area contributed by atoms with Gasteiger partial charge in [0.2, 0.25) is 17.8 Å². The van der Waals surface area contributed by atoms with Crippen LogP contribution in [0.15, 0.2) is 85.1 Å². The van der Waals surface area contributed by atoms with Gasteiger partial charge in [-0.2, -0.15) is 0 Å². The summed E-state index contributed by atoms with van der Waals surface area (Å²) in [4.78, 5) is 32.8. The molecule has 0 saturated heterocycles. The van der Waals surface area contributed by atoms with Crippen LogP contribution in [0.4, 0.5) is 5.95 Å². The fourth-order valence-corrected chi connectivity index (χ4v) is 4.30. The number of carbonyl (C=O) groups excluding carboxylic acids is 2. The third-order valence-electron chi connectivity index (χ3n) is 6.14. The fourth-order valence-electron chi connectivity index (χ4n) is 4.30. The highest BCUT2D eigenvalue weighted by molar-refractivity contribution is 5.94. The molecule has 4 rings (SSSR count). The molecule has 0 aliphatic heterocycles. The molecule has 0 saturated carbocycles. The Bertz CT molecular complexity index is 1400. The summed E-state index contributed by atoms with van der Waals surface area (Å²) in [6.45, 7) is 4.44. The first-order valence-corrected chi connectivity index (χ1v) is 12.9. The van der Waals surface area contributed by atoms with Gasteiger partial charge >= 0.3 is 0 Å². The summed E-state index contributed by atoms with van der Waals surface area (Å²) in [7, 11) is 3.15. The number of aromatic nitrogens is 2. The molecule has 1 aromatic heterocycles. The van der Waals surface area contributed by atoms with Gasteiger partial charge in [-0.3, -0.25) is 19.5 Å². The van der Waals surface area contributed by atoms with Gasteiger partial charge in [0.15, 0.2) is 11.5 Å².